The first-order valence-corrected chi connectivity index (χ1v) is 5.84. The molecular weight excluding hydrogens is 228 g/mol. The van der Waals surface area contributed by atoms with Crippen LogP contribution in [0.25, 0.3) is 0 Å². The van der Waals surface area contributed by atoms with Crippen LogP contribution in [-0.2, 0) is 0 Å². The summed E-state index contributed by atoms with van der Waals surface area (Å²) in [6.45, 7) is 4.31. The highest BCUT2D eigenvalue weighted by Crippen LogP contribution is 2.20. The van der Waals surface area contributed by atoms with E-state index in [-0.39, 0.29) is 5.91 Å². The predicted molar refractivity (Wildman–Crippen MR) is 71.6 cm³/mol. The number of aryl methyl sites for hydroxylation is 1. The molecule has 1 amide bonds. The number of nitrogen functional groups attached to an aromatic ring is 1. The van der Waals surface area contributed by atoms with Gasteiger partial charge in [0.1, 0.15) is 12.0 Å². The van der Waals surface area contributed by atoms with Crippen LogP contribution in [0.4, 0.5) is 11.4 Å². The van der Waals surface area contributed by atoms with Gasteiger partial charge in [-0.25, -0.2) is 0 Å². The van der Waals surface area contributed by atoms with Crippen molar-refractivity contribution < 1.29 is 9.21 Å². The molecular formula is C14H16N2O2. The molecule has 1 aromatic carbocycles. The van der Waals surface area contributed by atoms with Crippen LogP contribution >= 0.6 is 0 Å². The molecule has 0 aliphatic rings. The molecule has 2 rings (SSSR count). The minimum atomic E-state index is -0.0834. The number of carbonyl (C=O) groups is 1. The molecule has 0 bridgehead atoms. The molecule has 0 aliphatic heterocycles. The second-order valence-corrected chi connectivity index (χ2v) is 4.09. The number of hydrogen-bond donors (Lipinski definition) is 1. The Kier molecular flexibility index (Phi) is 3.37. The van der Waals surface area contributed by atoms with Gasteiger partial charge in [-0.05, 0) is 38.1 Å². The quantitative estimate of drug-likeness (QED) is 0.844. The molecule has 4 nitrogen and oxygen atoms in total. The van der Waals surface area contributed by atoms with E-state index in [4.69, 9.17) is 10.2 Å². The summed E-state index contributed by atoms with van der Waals surface area (Å²) < 4.78 is 5.17. The average molecular weight is 244 g/mol. The van der Waals surface area contributed by atoms with Crippen molar-refractivity contribution >= 4 is 17.3 Å². The molecule has 0 saturated carbocycles. The molecule has 0 radical (unpaired) electrons. The van der Waals surface area contributed by atoms with Gasteiger partial charge in [-0.1, -0.05) is 6.07 Å². The predicted octanol–water partition coefficient (Wildman–Crippen LogP) is 2.84. The third-order valence-corrected chi connectivity index (χ3v) is 2.72. The lowest BCUT2D eigenvalue weighted by atomic mass is 10.2. The summed E-state index contributed by atoms with van der Waals surface area (Å²) in [4.78, 5) is 14.0. The molecule has 94 valence electrons. The van der Waals surface area contributed by atoms with Crippen LogP contribution in [0.3, 0.4) is 0 Å². The highest BCUT2D eigenvalue weighted by Gasteiger charge is 2.17. The van der Waals surface area contributed by atoms with Gasteiger partial charge in [0.05, 0.1) is 5.56 Å². The second kappa shape index (κ2) is 4.96. The first-order chi connectivity index (χ1) is 8.61. The Morgan fingerprint density at radius 1 is 1.39 bits per heavy atom. The fourth-order valence-corrected chi connectivity index (χ4v) is 1.85. The minimum Gasteiger partial charge on any atom is -0.469 e. The highest BCUT2D eigenvalue weighted by atomic mass is 16.3. The maximum Gasteiger partial charge on any atom is 0.261 e. The Morgan fingerprint density at radius 2 is 2.17 bits per heavy atom. The molecule has 1 aromatic heterocycles. The summed E-state index contributed by atoms with van der Waals surface area (Å²) in [5, 5.41) is 0. The lowest BCUT2D eigenvalue weighted by Gasteiger charge is -2.20. The summed E-state index contributed by atoms with van der Waals surface area (Å²) >= 11 is 0. The van der Waals surface area contributed by atoms with Crippen LogP contribution in [-0.4, -0.2) is 12.5 Å². The lowest BCUT2D eigenvalue weighted by molar-refractivity contribution is 0.0987. The van der Waals surface area contributed by atoms with E-state index < -0.39 is 0 Å². The Hall–Kier alpha value is -2.23. The highest BCUT2D eigenvalue weighted by molar-refractivity contribution is 6.06. The van der Waals surface area contributed by atoms with Gasteiger partial charge in [-0.15, -0.1) is 0 Å². The van der Waals surface area contributed by atoms with Crippen LogP contribution in [0, 0.1) is 6.92 Å². The van der Waals surface area contributed by atoms with Crippen LogP contribution in [0.5, 0.6) is 0 Å². The first-order valence-electron chi connectivity index (χ1n) is 5.84. The molecule has 4 heteroatoms. The van der Waals surface area contributed by atoms with E-state index in [1.54, 1.807) is 23.1 Å². The van der Waals surface area contributed by atoms with Crippen molar-refractivity contribution in [3.05, 3.63) is 47.9 Å². The Morgan fingerprint density at radius 3 is 2.72 bits per heavy atom. The molecule has 0 saturated heterocycles. The van der Waals surface area contributed by atoms with Crippen LogP contribution < -0.4 is 10.6 Å². The SMILES string of the molecule is CCN(C(=O)c1coc(C)c1)c1cccc(N)c1. The molecule has 0 unspecified atom stereocenters. The van der Waals surface area contributed by atoms with Crippen molar-refractivity contribution in [3.8, 4) is 0 Å². The van der Waals surface area contributed by atoms with Gasteiger partial charge in [-0.3, -0.25) is 4.79 Å². The molecule has 2 aromatic rings. The number of hydrogen-bond acceptors (Lipinski definition) is 3. The molecule has 0 spiro atoms. The number of furan rings is 1. The molecule has 18 heavy (non-hydrogen) atoms. The summed E-state index contributed by atoms with van der Waals surface area (Å²) in [5.74, 6) is 0.641. The molecule has 2 N–H and O–H groups in total. The first kappa shape index (κ1) is 12.2. The van der Waals surface area contributed by atoms with E-state index in [9.17, 15) is 4.79 Å². The maximum absolute atomic E-state index is 12.3. The Bertz CT molecular complexity index is 560. The van der Waals surface area contributed by atoms with E-state index in [1.807, 2.05) is 26.0 Å². The number of nitrogens with zero attached hydrogens (tertiary/aromatic N) is 1. The second-order valence-electron chi connectivity index (χ2n) is 4.09. The van der Waals surface area contributed by atoms with Gasteiger partial charge in [0, 0.05) is 17.9 Å². The fourth-order valence-electron chi connectivity index (χ4n) is 1.85. The van der Waals surface area contributed by atoms with Gasteiger partial charge in [-0.2, -0.15) is 0 Å². The average Bonchev–Trinajstić information content (AvgIpc) is 2.77. The van der Waals surface area contributed by atoms with E-state index >= 15 is 0 Å². The van der Waals surface area contributed by atoms with E-state index in [0.717, 1.165) is 11.4 Å². The normalized spacial score (nSPS) is 10.3. The molecule has 1 heterocycles. The van der Waals surface area contributed by atoms with Crippen molar-refractivity contribution in [2.75, 3.05) is 17.2 Å². The zero-order chi connectivity index (χ0) is 13.1. The molecule has 0 aliphatic carbocycles. The summed E-state index contributed by atoms with van der Waals surface area (Å²) in [7, 11) is 0. The summed E-state index contributed by atoms with van der Waals surface area (Å²) in [5.41, 5.74) is 7.72. The van der Waals surface area contributed by atoms with Crippen molar-refractivity contribution in [1.82, 2.24) is 0 Å². The zero-order valence-corrected chi connectivity index (χ0v) is 10.5. The van der Waals surface area contributed by atoms with Gasteiger partial charge in [0.2, 0.25) is 0 Å². The van der Waals surface area contributed by atoms with E-state index in [2.05, 4.69) is 0 Å². The Labute approximate surface area is 106 Å². The number of nitrogens with two attached hydrogens (primary N) is 1. The third-order valence-electron chi connectivity index (χ3n) is 2.72. The topological polar surface area (TPSA) is 59.5 Å². The van der Waals surface area contributed by atoms with Crippen molar-refractivity contribution in [1.29, 1.82) is 0 Å². The van der Waals surface area contributed by atoms with Gasteiger partial charge < -0.3 is 15.1 Å². The summed E-state index contributed by atoms with van der Waals surface area (Å²) in [6.07, 6.45) is 1.48. The van der Waals surface area contributed by atoms with Gasteiger partial charge in [0.25, 0.3) is 5.91 Å². The maximum atomic E-state index is 12.3. The van der Waals surface area contributed by atoms with Crippen LogP contribution in [0.1, 0.15) is 23.0 Å². The lowest BCUT2D eigenvalue weighted by Crippen LogP contribution is -2.30. The van der Waals surface area contributed by atoms with Crippen LogP contribution in [0.2, 0.25) is 0 Å². The number of amides is 1. The fraction of sp³-hybridized carbons (Fsp3) is 0.214. The standard InChI is InChI=1S/C14H16N2O2/c1-3-16(13-6-4-5-12(15)8-13)14(17)11-7-10(2)18-9-11/h4-9H,3,15H2,1-2H3. The van der Waals surface area contributed by atoms with Gasteiger partial charge in [0.15, 0.2) is 0 Å². The number of benzene rings is 1. The monoisotopic (exact) mass is 244 g/mol. The van der Waals surface area contributed by atoms with E-state index in [1.165, 1.54) is 6.26 Å². The van der Waals surface area contributed by atoms with E-state index in [0.29, 0.717) is 17.8 Å². The molecule has 0 fully saturated rings. The largest absolute Gasteiger partial charge is 0.469 e. The minimum absolute atomic E-state index is 0.0834. The number of carbonyl (C=O) groups excluding carboxylic acids is 1. The third kappa shape index (κ3) is 2.37. The van der Waals surface area contributed by atoms with Crippen molar-refractivity contribution in [2.45, 2.75) is 13.8 Å². The summed E-state index contributed by atoms with van der Waals surface area (Å²) in [6, 6.07) is 9.02. The van der Waals surface area contributed by atoms with Gasteiger partial charge >= 0.3 is 0 Å². The van der Waals surface area contributed by atoms with Crippen molar-refractivity contribution in [2.24, 2.45) is 0 Å². The molecule has 0 atom stereocenters. The number of rotatable bonds is 3. The van der Waals surface area contributed by atoms with Crippen LogP contribution in [0.15, 0.2) is 41.0 Å². The number of anilines is 2. The Balaban J connectivity index is 2.31. The van der Waals surface area contributed by atoms with Crippen molar-refractivity contribution in [3.63, 3.8) is 0 Å². The smallest absolute Gasteiger partial charge is 0.261 e. The zero-order valence-electron chi connectivity index (χ0n) is 10.5.